The molecule has 0 aliphatic heterocycles. The van der Waals surface area contributed by atoms with Gasteiger partial charge >= 0.3 is 5.97 Å². The van der Waals surface area contributed by atoms with Crippen molar-refractivity contribution >= 4 is 18.0 Å². The van der Waals surface area contributed by atoms with Crippen molar-refractivity contribution in [2.75, 3.05) is 0 Å². The highest BCUT2D eigenvalue weighted by Gasteiger charge is 2.59. The minimum Gasteiger partial charge on any atom is -0.481 e. The number of aliphatic carboxylic acids is 1. The van der Waals surface area contributed by atoms with Crippen LogP contribution in [0.5, 0.6) is 0 Å². The number of carboxylic acid groups (broad SMARTS) is 1. The highest BCUT2D eigenvalue weighted by atomic mass is 16.4. The van der Waals surface area contributed by atoms with Gasteiger partial charge in [0.1, 0.15) is 5.78 Å². The first-order valence-corrected chi connectivity index (χ1v) is 9.35. The van der Waals surface area contributed by atoms with Crippen molar-refractivity contribution in [3.05, 3.63) is 0 Å². The standard InChI is InChI=1S/C19H29NO5/c1-18(7-5-11(21)9-15(18)17(23)24)14-6-8-19(2)13(3-4-16(19)22)12(14)10-20-25/h10-15,21,25H,3-9H2,1-2H3,(H,23,24)/t11-,12-,13-,14-,15+,18+,19-/m0/s1. The van der Waals surface area contributed by atoms with Crippen LogP contribution in [0.4, 0.5) is 0 Å². The quantitative estimate of drug-likeness (QED) is 0.412. The molecule has 3 aliphatic rings. The van der Waals surface area contributed by atoms with Crippen molar-refractivity contribution in [2.45, 2.75) is 64.9 Å². The van der Waals surface area contributed by atoms with Crippen molar-refractivity contribution in [3.8, 4) is 0 Å². The smallest absolute Gasteiger partial charge is 0.307 e. The summed E-state index contributed by atoms with van der Waals surface area (Å²) in [5, 5.41) is 32.3. The van der Waals surface area contributed by atoms with E-state index < -0.39 is 23.4 Å². The van der Waals surface area contributed by atoms with Gasteiger partial charge in [-0.3, -0.25) is 9.59 Å². The maximum absolute atomic E-state index is 12.4. The average molecular weight is 351 g/mol. The van der Waals surface area contributed by atoms with Crippen LogP contribution in [0, 0.1) is 34.5 Å². The number of carbonyl (C=O) groups is 2. The van der Waals surface area contributed by atoms with Crippen molar-refractivity contribution < 1.29 is 25.0 Å². The van der Waals surface area contributed by atoms with Crippen LogP contribution < -0.4 is 0 Å². The molecule has 0 unspecified atom stereocenters. The van der Waals surface area contributed by atoms with Crippen molar-refractivity contribution in [2.24, 2.45) is 39.7 Å². The molecule has 0 aromatic heterocycles. The van der Waals surface area contributed by atoms with Crippen LogP contribution in [-0.2, 0) is 9.59 Å². The highest BCUT2D eigenvalue weighted by Crippen LogP contribution is 2.60. The molecule has 0 bridgehead atoms. The van der Waals surface area contributed by atoms with Crippen LogP contribution in [0.2, 0.25) is 0 Å². The third kappa shape index (κ3) is 2.78. The summed E-state index contributed by atoms with van der Waals surface area (Å²) in [7, 11) is 0. The fraction of sp³-hybridized carbons (Fsp3) is 0.842. The van der Waals surface area contributed by atoms with Crippen LogP contribution in [0.3, 0.4) is 0 Å². The predicted octanol–water partition coefficient (Wildman–Crippen LogP) is 2.71. The third-order valence-corrected chi connectivity index (χ3v) is 7.75. The van der Waals surface area contributed by atoms with Gasteiger partial charge in [0, 0.05) is 24.0 Å². The zero-order chi connectivity index (χ0) is 18.4. The number of hydrogen-bond donors (Lipinski definition) is 3. The molecule has 0 radical (unpaired) electrons. The van der Waals surface area contributed by atoms with Crippen LogP contribution in [0.25, 0.3) is 0 Å². The monoisotopic (exact) mass is 351 g/mol. The average Bonchev–Trinajstić information content (AvgIpc) is 2.86. The fourth-order valence-electron chi connectivity index (χ4n) is 6.16. The summed E-state index contributed by atoms with van der Waals surface area (Å²) in [5.41, 5.74) is -0.852. The number of rotatable bonds is 3. The zero-order valence-electron chi connectivity index (χ0n) is 15.0. The number of hydrogen-bond acceptors (Lipinski definition) is 5. The Labute approximate surface area is 148 Å². The summed E-state index contributed by atoms with van der Waals surface area (Å²) in [6.45, 7) is 4.03. The van der Waals surface area contributed by atoms with Gasteiger partial charge in [0.15, 0.2) is 0 Å². The lowest BCUT2D eigenvalue weighted by Gasteiger charge is -2.54. The maximum atomic E-state index is 12.4. The zero-order valence-corrected chi connectivity index (χ0v) is 15.0. The second kappa shape index (κ2) is 6.38. The molecule has 3 aliphatic carbocycles. The molecule has 7 atom stereocenters. The molecule has 0 aromatic carbocycles. The summed E-state index contributed by atoms with van der Waals surface area (Å²) < 4.78 is 0. The number of aliphatic hydroxyl groups is 1. The SMILES string of the molecule is C[C@]1([C@H]2CC[C@]3(C)C(=O)CC[C@H]3[C@@H]2C=NO)CC[C@H](O)C[C@@H]1C(=O)O. The number of aliphatic hydroxyl groups excluding tert-OH is 1. The second-order valence-electron chi connectivity index (χ2n) is 8.80. The molecule has 6 heteroatoms. The van der Waals surface area contributed by atoms with Crippen LogP contribution in [0.1, 0.15) is 58.8 Å². The van der Waals surface area contributed by atoms with E-state index in [0.717, 1.165) is 19.3 Å². The van der Waals surface area contributed by atoms with Crippen LogP contribution in [-0.4, -0.2) is 39.5 Å². The predicted molar refractivity (Wildman–Crippen MR) is 91.4 cm³/mol. The van der Waals surface area contributed by atoms with E-state index in [1.807, 2.05) is 13.8 Å². The summed E-state index contributed by atoms with van der Waals surface area (Å²) in [5.74, 6) is -1.15. The summed E-state index contributed by atoms with van der Waals surface area (Å²) in [6, 6.07) is 0. The van der Waals surface area contributed by atoms with Gasteiger partial charge in [-0.1, -0.05) is 13.8 Å². The molecular formula is C19H29NO5. The van der Waals surface area contributed by atoms with Crippen LogP contribution in [0.15, 0.2) is 5.16 Å². The molecule has 140 valence electrons. The Balaban J connectivity index is 1.97. The molecule has 0 aromatic rings. The van der Waals surface area contributed by atoms with Gasteiger partial charge in [-0.05, 0) is 55.8 Å². The minimum atomic E-state index is -0.864. The van der Waals surface area contributed by atoms with Gasteiger partial charge in [0.05, 0.1) is 12.0 Å². The molecule has 6 nitrogen and oxygen atoms in total. The Morgan fingerprint density at radius 2 is 1.92 bits per heavy atom. The Hall–Kier alpha value is -1.43. The number of carboxylic acids is 1. The molecule has 0 heterocycles. The lowest BCUT2D eigenvalue weighted by molar-refractivity contribution is -0.158. The number of Topliss-reactive ketones (excluding diaryl/α,β-unsaturated/α-hetero) is 1. The van der Waals surface area contributed by atoms with Crippen molar-refractivity contribution in [3.63, 3.8) is 0 Å². The molecule has 3 N–H and O–H groups in total. The lowest BCUT2D eigenvalue weighted by Crippen LogP contribution is -2.53. The Morgan fingerprint density at radius 1 is 1.20 bits per heavy atom. The van der Waals surface area contributed by atoms with E-state index in [-0.39, 0.29) is 35.4 Å². The van der Waals surface area contributed by atoms with E-state index in [1.165, 1.54) is 0 Å². The molecular weight excluding hydrogens is 322 g/mol. The van der Waals surface area contributed by atoms with Gasteiger partial charge in [-0.15, -0.1) is 5.16 Å². The Kier molecular flexibility index (Phi) is 4.69. The molecule has 0 saturated heterocycles. The number of fused-ring (bicyclic) bond motifs is 1. The third-order valence-electron chi connectivity index (χ3n) is 7.75. The first-order chi connectivity index (χ1) is 11.7. The van der Waals surface area contributed by atoms with E-state index in [9.17, 15) is 25.0 Å². The Morgan fingerprint density at radius 3 is 2.56 bits per heavy atom. The minimum absolute atomic E-state index is 0.0426. The second-order valence-corrected chi connectivity index (χ2v) is 8.80. The maximum Gasteiger partial charge on any atom is 0.307 e. The molecule has 3 fully saturated rings. The number of oxime groups is 1. The molecule has 0 amide bonds. The van der Waals surface area contributed by atoms with Gasteiger partial charge in [-0.2, -0.15) is 0 Å². The van der Waals surface area contributed by atoms with Crippen molar-refractivity contribution in [1.82, 2.24) is 0 Å². The first kappa shape index (κ1) is 18.4. The van der Waals surface area contributed by atoms with E-state index in [4.69, 9.17) is 0 Å². The normalized spacial score (nSPS) is 47.8. The highest BCUT2D eigenvalue weighted by molar-refractivity contribution is 5.88. The molecule has 3 rings (SSSR count). The fourth-order valence-corrected chi connectivity index (χ4v) is 6.16. The van der Waals surface area contributed by atoms with Gasteiger partial charge < -0.3 is 15.4 Å². The Bertz CT molecular complexity index is 590. The van der Waals surface area contributed by atoms with E-state index in [2.05, 4.69) is 5.16 Å². The van der Waals surface area contributed by atoms with Gasteiger partial charge in [0.2, 0.25) is 0 Å². The number of nitrogens with zero attached hydrogens (tertiary/aromatic N) is 1. The summed E-state index contributed by atoms with van der Waals surface area (Å²) in [6.07, 6.45) is 5.34. The number of carbonyl (C=O) groups excluding carboxylic acids is 1. The lowest BCUT2D eigenvalue weighted by atomic mass is 9.49. The summed E-state index contributed by atoms with van der Waals surface area (Å²) >= 11 is 0. The van der Waals surface area contributed by atoms with Crippen LogP contribution >= 0.6 is 0 Å². The van der Waals surface area contributed by atoms with E-state index in [1.54, 1.807) is 6.21 Å². The molecule has 3 saturated carbocycles. The van der Waals surface area contributed by atoms with Gasteiger partial charge in [0.25, 0.3) is 0 Å². The largest absolute Gasteiger partial charge is 0.481 e. The topological polar surface area (TPSA) is 107 Å². The van der Waals surface area contributed by atoms with E-state index in [0.29, 0.717) is 19.3 Å². The van der Waals surface area contributed by atoms with E-state index >= 15 is 0 Å². The summed E-state index contributed by atoms with van der Waals surface area (Å²) in [4.78, 5) is 24.3. The molecule has 0 spiro atoms. The first-order valence-electron chi connectivity index (χ1n) is 9.35. The van der Waals surface area contributed by atoms with Crippen molar-refractivity contribution in [1.29, 1.82) is 0 Å². The number of ketones is 1. The molecule has 25 heavy (non-hydrogen) atoms. The van der Waals surface area contributed by atoms with Gasteiger partial charge in [-0.25, -0.2) is 0 Å².